The van der Waals surface area contributed by atoms with Gasteiger partial charge in [0.1, 0.15) is 11.4 Å². The van der Waals surface area contributed by atoms with Crippen molar-refractivity contribution in [3.05, 3.63) is 29.9 Å². The minimum Gasteiger partial charge on any atom is -0.428 e. The molecule has 2 heterocycles. The molecule has 0 bridgehead atoms. The SMILES string of the molecule is N=c1ccc(N2CCCC2)c2n(O)ccnc1-2. The molecule has 3 aliphatic rings. The maximum Gasteiger partial charge on any atom is 0.130 e. The van der Waals surface area contributed by atoms with Gasteiger partial charge in [-0.25, -0.2) is 0 Å². The van der Waals surface area contributed by atoms with E-state index in [9.17, 15) is 5.21 Å². The van der Waals surface area contributed by atoms with Crippen LogP contribution in [0, 0.1) is 5.41 Å². The average Bonchev–Trinajstić information content (AvgIpc) is 2.84. The van der Waals surface area contributed by atoms with Crippen molar-refractivity contribution in [1.29, 1.82) is 5.41 Å². The number of anilines is 1. The Bertz CT molecular complexity index is 571. The molecule has 0 radical (unpaired) electrons. The molecular formula is C12H14N4O. The zero-order chi connectivity index (χ0) is 11.8. The Morgan fingerprint density at radius 3 is 2.76 bits per heavy atom. The number of aromatic nitrogens is 2. The minimum absolute atomic E-state index is 0.339. The number of hydrogen-bond acceptors (Lipinski definition) is 4. The zero-order valence-corrected chi connectivity index (χ0v) is 9.43. The summed E-state index contributed by atoms with van der Waals surface area (Å²) in [6.07, 6.45) is 5.36. The number of rotatable bonds is 1. The highest BCUT2D eigenvalue weighted by Gasteiger charge is 2.21. The third kappa shape index (κ3) is 1.54. The van der Waals surface area contributed by atoms with Crippen molar-refractivity contribution in [3.63, 3.8) is 0 Å². The lowest BCUT2D eigenvalue weighted by molar-refractivity contribution is 0.188. The van der Waals surface area contributed by atoms with Crippen LogP contribution in [0.15, 0.2) is 24.5 Å². The van der Waals surface area contributed by atoms with E-state index in [4.69, 9.17) is 5.41 Å². The smallest absolute Gasteiger partial charge is 0.130 e. The van der Waals surface area contributed by atoms with Crippen molar-refractivity contribution in [3.8, 4) is 11.4 Å². The summed E-state index contributed by atoms with van der Waals surface area (Å²) in [6, 6.07) is 3.63. The third-order valence-electron chi connectivity index (χ3n) is 3.22. The summed E-state index contributed by atoms with van der Waals surface area (Å²) >= 11 is 0. The van der Waals surface area contributed by atoms with Gasteiger partial charge in [-0.15, -0.1) is 0 Å². The molecule has 0 aromatic rings. The van der Waals surface area contributed by atoms with Crippen LogP contribution >= 0.6 is 0 Å². The van der Waals surface area contributed by atoms with Gasteiger partial charge in [-0.3, -0.25) is 10.4 Å². The van der Waals surface area contributed by atoms with Crippen LogP contribution in [0.4, 0.5) is 5.69 Å². The predicted octanol–water partition coefficient (Wildman–Crippen LogP) is 1.30. The number of nitrogens with one attached hydrogen (secondary N) is 1. The number of benzene rings is 1. The minimum atomic E-state index is 0.339. The standard InChI is InChI=1S/C12H14N4O/c13-9-3-4-10(15-6-1-2-7-15)12-11(9)14-5-8-16(12)17/h3-5,8,13,17H,1-2,6-7H2. The van der Waals surface area contributed by atoms with E-state index in [1.165, 1.54) is 25.2 Å². The van der Waals surface area contributed by atoms with Crippen LogP contribution in [0.2, 0.25) is 0 Å². The maximum absolute atomic E-state index is 9.90. The van der Waals surface area contributed by atoms with Crippen LogP contribution in [0.3, 0.4) is 0 Å². The summed E-state index contributed by atoms with van der Waals surface area (Å²) < 4.78 is 1.06. The molecular weight excluding hydrogens is 216 g/mol. The van der Waals surface area contributed by atoms with Crippen LogP contribution in [0.1, 0.15) is 12.8 Å². The fourth-order valence-electron chi connectivity index (χ4n) is 2.38. The van der Waals surface area contributed by atoms with E-state index in [0.29, 0.717) is 16.7 Å². The summed E-state index contributed by atoms with van der Waals surface area (Å²) in [6.45, 7) is 2.00. The van der Waals surface area contributed by atoms with E-state index in [-0.39, 0.29) is 0 Å². The Morgan fingerprint density at radius 2 is 2.00 bits per heavy atom. The molecule has 0 atom stereocenters. The largest absolute Gasteiger partial charge is 0.428 e. The number of nitrogens with zero attached hydrogens (tertiary/aromatic N) is 3. The van der Waals surface area contributed by atoms with Crippen molar-refractivity contribution >= 4 is 5.69 Å². The van der Waals surface area contributed by atoms with Gasteiger partial charge in [-0.1, -0.05) is 0 Å². The van der Waals surface area contributed by atoms with Crippen LogP contribution in [-0.2, 0) is 0 Å². The molecule has 1 fully saturated rings. The van der Waals surface area contributed by atoms with Crippen molar-refractivity contribution in [2.45, 2.75) is 12.8 Å². The first-order chi connectivity index (χ1) is 8.27. The monoisotopic (exact) mass is 230 g/mol. The summed E-state index contributed by atoms with van der Waals surface area (Å²) in [5.41, 5.74) is 2.13. The van der Waals surface area contributed by atoms with E-state index in [1.54, 1.807) is 6.07 Å². The molecule has 0 unspecified atom stereocenters. The third-order valence-corrected chi connectivity index (χ3v) is 3.22. The zero-order valence-electron chi connectivity index (χ0n) is 9.43. The second kappa shape index (κ2) is 3.76. The lowest BCUT2D eigenvalue weighted by Crippen LogP contribution is -2.23. The van der Waals surface area contributed by atoms with Gasteiger partial charge in [-0.2, -0.15) is 4.73 Å². The molecule has 0 amide bonds. The van der Waals surface area contributed by atoms with Crippen LogP contribution in [0.25, 0.3) is 11.4 Å². The van der Waals surface area contributed by atoms with E-state index in [1.807, 2.05) is 6.07 Å². The fraction of sp³-hybridized carbons (Fsp3) is 0.333. The Kier molecular flexibility index (Phi) is 2.24. The van der Waals surface area contributed by atoms with Gasteiger partial charge >= 0.3 is 0 Å². The fourth-order valence-corrected chi connectivity index (χ4v) is 2.38. The molecule has 0 aromatic heterocycles. The highest BCUT2D eigenvalue weighted by atomic mass is 16.5. The lowest BCUT2D eigenvalue weighted by Gasteiger charge is -2.22. The summed E-state index contributed by atoms with van der Waals surface area (Å²) in [7, 11) is 0. The highest BCUT2D eigenvalue weighted by Crippen LogP contribution is 2.29. The van der Waals surface area contributed by atoms with E-state index in [0.717, 1.165) is 23.5 Å². The summed E-state index contributed by atoms with van der Waals surface area (Å²) in [5.74, 6) is 0. The van der Waals surface area contributed by atoms with E-state index in [2.05, 4.69) is 9.88 Å². The number of hydrogen-bond donors (Lipinski definition) is 2. The van der Waals surface area contributed by atoms with E-state index < -0.39 is 0 Å². The molecule has 88 valence electrons. The molecule has 1 aliphatic carbocycles. The van der Waals surface area contributed by atoms with Crippen molar-refractivity contribution in [2.75, 3.05) is 18.0 Å². The Balaban J connectivity index is 2.25. The molecule has 0 aromatic carbocycles. The van der Waals surface area contributed by atoms with Gasteiger partial charge in [0.2, 0.25) is 0 Å². The molecule has 3 rings (SSSR count). The molecule has 2 aliphatic heterocycles. The molecule has 5 nitrogen and oxygen atoms in total. The molecule has 1 saturated heterocycles. The Labute approximate surface area is 98.8 Å². The van der Waals surface area contributed by atoms with Gasteiger partial charge in [0, 0.05) is 19.3 Å². The van der Waals surface area contributed by atoms with Crippen LogP contribution < -0.4 is 10.3 Å². The first kappa shape index (κ1) is 10.1. The highest BCUT2D eigenvalue weighted by molar-refractivity contribution is 5.74. The molecule has 0 saturated carbocycles. The second-order valence-corrected chi connectivity index (χ2v) is 4.30. The second-order valence-electron chi connectivity index (χ2n) is 4.30. The normalized spacial score (nSPS) is 15.6. The molecule has 0 spiro atoms. The number of fused-ring (bicyclic) bond motifs is 1. The van der Waals surface area contributed by atoms with Crippen LogP contribution in [-0.4, -0.2) is 28.0 Å². The van der Waals surface area contributed by atoms with Gasteiger partial charge < -0.3 is 10.1 Å². The molecule has 17 heavy (non-hydrogen) atoms. The first-order valence-electron chi connectivity index (χ1n) is 5.76. The van der Waals surface area contributed by atoms with Crippen molar-refractivity contribution in [2.24, 2.45) is 0 Å². The summed E-state index contributed by atoms with van der Waals surface area (Å²) in [4.78, 5) is 6.41. The van der Waals surface area contributed by atoms with Gasteiger partial charge in [0.05, 0.1) is 17.2 Å². The topological polar surface area (TPSA) is 65.1 Å². The molecule has 2 N–H and O–H groups in total. The average molecular weight is 230 g/mol. The quantitative estimate of drug-likeness (QED) is 0.726. The van der Waals surface area contributed by atoms with Gasteiger partial charge in [0.25, 0.3) is 0 Å². The Morgan fingerprint density at radius 1 is 1.24 bits per heavy atom. The van der Waals surface area contributed by atoms with Crippen molar-refractivity contribution in [1.82, 2.24) is 9.71 Å². The maximum atomic E-state index is 9.90. The predicted molar refractivity (Wildman–Crippen MR) is 63.3 cm³/mol. The Hall–Kier alpha value is -2.04. The van der Waals surface area contributed by atoms with E-state index >= 15 is 0 Å². The van der Waals surface area contributed by atoms with Gasteiger partial charge in [-0.05, 0) is 25.0 Å². The molecule has 5 heteroatoms. The first-order valence-corrected chi connectivity index (χ1v) is 5.76. The summed E-state index contributed by atoms with van der Waals surface area (Å²) in [5, 5.41) is 18.1. The van der Waals surface area contributed by atoms with Crippen LogP contribution in [0.5, 0.6) is 0 Å². The van der Waals surface area contributed by atoms with Crippen molar-refractivity contribution < 1.29 is 5.21 Å². The lowest BCUT2D eigenvalue weighted by atomic mass is 10.1. The van der Waals surface area contributed by atoms with Gasteiger partial charge in [0.15, 0.2) is 0 Å².